The summed E-state index contributed by atoms with van der Waals surface area (Å²) >= 11 is 0. The van der Waals surface area contributed by atoms with Crippen molar-refractivity contribution in [1.29, 1.82) is 0 Å². The van der Waals surface area contributed by atoms with Crippen LogP contribution in [-0.4, -0.2) is 50.7 Å². The highest BCUT2D eigenvalue weighted by atomic mass is 16.2. The third kappa shape index (κ3) is 3.40. The highest BCUT2D eigenvalue weighted by molar-refractivity contribution is 6.17. The number of benzene rings is 1. The largest absolute Gasteiger partial charge is 0.367 e. The highest BCUT2D eigenvalue weighted by Gasteiger charge is 2.23. The molecular formula is C20H21N5O2. The Labute approximate surface area is 156 Å². The smallest absolute Gasteiger partial charge is 0.219 e. The fourth-order valence-corrected chi connectivity index (χ4v) is 3.53. The number of piperidine rings is 1. The number of likely N-dealkylation sites (tertiary alicyclic amines) is 1. The number of rotatable bonds is 4. The number of carbonyl (C=O) groups excluding carboxylic acids is 2. The van der Waals surface area contributed by atoms with Gasteiger partial charge in [0.2, 0.25) is 5.91 Å². The third-order valence-electron chi connectivity index (χ3n) is 5.03. The standard InChI is InChI=1S/C20H21N5O2/c1-13(26)25-9-7-15(8-10-25)24-20-17-16(11-21-19(17)22-12-23-20)18(27)14-5-3-2-4-6-14/h2-6,11-12,15H,7-10H2,1H3,(H2,21,22,23,24). The van der Waals surface area contributed by atoms with E-state index in [0.29, 0.717) is 28.0 Å². The SMILES string of the molecule is CC(=O)N1CCC(Nc2ncnc3[nH]cc(C(=O)c4ccccc4)c23)CC1. The van der Waals surface area contributed by atoms with Crippen LogP contribution >= 0.6 is 0 Å². The predicted molar refractivity (Wildman–Crippen MR) is 103 cm³/mol. The topological polar surface area (TPSA) is 91.0 Å². The molecule has 3 aromatic rings. The Balaban J connectivity index is 1.61. The summed E-state index contributed by atoms with van der Waals surface area (Å²) in [6.45, 7) is 3.05. The van der Waals surface area contributed by atoms with Crippen LogP contribution in [-0.2, 0) is 4.79 Å². The summed E-state index contributed by atoms with van der Waals surface area (Å²) in [6, 6.07) is 9.38. The van der Waals surface area contributed by atoms with Gasteiger partial charge in [0.05, 0.1) is 10.9 Å². The first-order valence-corrected chi connectivity index (χ1v) is 9.07. The van der Waals surface area contributed by atoms with Gasteiger partial charge in [-0.05, 0) is 12.8 Å². The van der Waals surface area contributed by atoms with Crippen molar-refractivity contribution in [2.45, 2.75) is 25.8 Å². The third-order valence-corrected chi connectivity index (χ3v) is 5.03. The molecule has 1 fully saturated rings. The number of aromatic amines is 1. The Bertz CT molecular complexity index is 974. The quantitative estimate of drug-likeness (QED) is 0.695. The Morgan fingerprint density at radius 2 is 1.89 bits per heavy atom. The number of nitrogens with zero attached hydrogens (tertiary/aromatic N) is 3. The zero-order chi connectivity index (χ0) is 18.8. The first-order valence-electron chi connectivity index (χ1n) is 9.07. The minimum atomic E-state index is -0.0638. The van der Waals surface area contributed by atoms with E-state index in [9.17, 15) is 9.59 Å². The lowest BCUT2D eigenvalue weighted by Crippen LogP contribution is -2.41. The zero-order valence-corrected chi connectivity index (χ0v) is 15.1. The van der Waals surface area contributed by atoms with Crippen molar-refractivity contribution in [3.8, 4) is 0 Å². The zero-order valence-electron chi connectivity index (χ0n) is 15.1. The van der Waals surface area contributed by atoms with Crippen molar-refractivity contribution in [3.63, 3.8) is 0 Å². The van der Waals surface area contributed by atoms with Crippen LogP contribution in [0.2, 0.25) is 0 Å². The minimum absolute atomic E-state index is 0.0638. The van der Waals surface area contributed by atoms with Gasteiger partial charge in [0.1, 0.15) is 17.8 Å². The molecule has 0 saturated carbocycles. The molecule has 2 aromatic heterocycles. The first-order chi connectivity index (χ1) is 13.1. The molecule has 0 spiro atoms. The number of hydrogen-bond donors (Lipinski definition) is 2. The van der Waals surface area contributed by atoms with Gasteiger partial charge in [0.15, 0.2) is 5.78 Å². The molecule has 7 heteroatoms. The van der Waals surface area contributed by atoms with Gasteiger partial charge in [-0.25, -0.2) is 9.97 Å². The van der Waals surface area contributed by atoms with E-state index in [4.69, 9.17) is 0 Å². The maximum absolute atomic E-state index is 12.9. The van der Waals surface area contributed by atoms with Crippen LogP contribution in [0.1, 0.15) is 35.7 Å². The number of nitrogens with one attached hydrogen (secondary N) is 2. The summed E-state index contributed by atoms with van der Waals surface area (Å²) in [5.74, 6) is 0.701. The summed E-state index contributed by atoms with van der Waals surface area (Å²) in [5, 5.41) is 4.16. The average molecular weight is 363 g/mol. The lowest BCUT2D eigenvalue weighted by atomic mass is 10.0. The molecule has 1 saturated heterocycles. The number of fused-ring (bicyclic) bond motifs is 1. The van der Waals surface area contributed by atoms with E-state index in [-0.39, 0.29) is 17.7 Å². The van der Waals surface area contributed by atoms with Crippen molar-refractivity contribution in [1.82, 2.24) is 19.9 Å². The normalized spacial score (nSPS) is 15.1. The van der Waals surface area contributed by atoms with Crippen LogP contribution in [0.4, 0.5) is 5.82 Å². The van der Waals surface area contributed by atoms with Gasteiger partial charge < -0.3 is 15.2 Å². The van der Waals surface area contributed by atoms with Crippen molar-refractivity contribution >= 4 is 28.5 Å². The highest BCUT2D eigenvalue weighted by Crippen LogP contribution is 2.27. The van der Waals surface area contributed by atoms with Gasteiger partial charge in [-0.2, -0.15) is 0 Å². The maximum atomic E-state index is 12.9. The molecule has 0 bridgehead atoms. The van der Waals surface area contributed by atoms with Crippen LogP contribution in [0.25, 0.3) is 11.0 Å². The Morgan fingerprint density at radius 1 is 1.15 bits per heavy atom. The molecule has 27 heavy (non-hydrogen) atoms. The first kappa shape index (κ1) is 17.2. The number of hydrogen-bond acceptors (Lipinski definition) is 5. The fraction of sp³-hybridized carbons (Fsp3) is 0.300. The van der Waals surface area contributed by atoms with E-state index in [0.717, 1.165) is 25.9 Å². The second kappa shape index (κ2) is 7.19. The molecule has 138 valence electrons. The Hall–Kier alpha value is -3.22. The number of H-pyrrole nitrogens is 1. The average Bonchev–Trinajstić information content (AvgIpc) is 3.14. The monoisotopic (exact) mass is 363 g/mol. The molecule has 1 aliphatic rings. The van der Waals surface area contributed by atoms with E-state index >= 15 is 0 Å². The van der Waals surface area contributed by atoms with Gasteiger partial charge in [0, 0.05) is 37.8 Å². The maximum Gasteiger partial charge on any atom is 0.219 e. The number of anilines is 1. The van der Waals surface area contributed by atoms with Crippen LogP contribution in [0, 0.1) is 0 Å². The number of amides is 1. The van der Waals surface area contributed by atoms with E-state index < -0.39 is 0 Å². The van der Waals surface area contributed by atoms with Crippen LogP contribution in [0.5, 0.6) is 0 Å². The Morgan fingerprint density at radius 3 is 2.59 bits per heavy atom. The molecule has 1 amide bonds. The van der Waals surface area contributed by atoms with Crippen molar-refractivity contribution in [3.05, 3.63) is 54.0 Å². The molecule has 2 N–H and O–H groups in total. The predicted octanol–water partition coefficient (Wildman–Crippen LogP) is 2.61. The molecule has 4 rings (SSSR count). The van der Waals surface area contributed by atoms with Crippen molar-refractivity contribution in [2.75, 3.05) is 18.4 Å². The molecule has 7 nitrogen and oxygen atoms in total. The van der Waals surface area contributed by atoms with E-state index in [1.165, 1.54) is 6.33 Å². The number of carbonyl (C=O) groups is 2. The van der Waals surface area contributed by atoms with E-state index in [2.05, 4.69) is 20.3 Å². The molecule has 0 unspecified atom stereocenters. The summed E-state index contributed by atoms with van der Waals surface area (Å²) in [7, 11) is 0. The van der Waals surface area contributed by atoms with Crippen LogP contribution in [0.15, 0.2) is 42.9 Å². The molecule has 0 radical (unpaired) electrons. The molecule has 0 atom stereocenters. The van der Waals surface area contributed by atoms with Crippen LogP contribution < -0.4 is 5.32 Å². The van der Waals surface area contributed by atoms with Gasteiger partial charge >= 0.3 is 0 Å². The van der Waals surface area contributed by atoms with Gasteiger partial charge in [-0.15, -0.1) is 0 Å². The molecule has 1 aliphatic heterocycles. The molecule has 0 aliphatic carbocycles. The van der Waals surface area contributed by atoms with Gasteiger partial charge in [-0.1, -0.05) is 30.3 Å². The summed E-state index contributed by atoms with van der Waals surface area (Å²) in [4.78, 5) is 38.0. The minimum Gasteiger partial charge on any atom is -0.367 e. The Kier molecular flexibility index (Phi) is 4.58. The number of aromatic nitrogens is 3. The molecule has 1 aromatic carbocycles. The summed E-state index contributed by atoms with van der Waals surface area (Å²) in [5.41, 5.74) is 1.82. The fourth-order valence-electron chi connectivity index (χ4n) is 3.53. The molecule has 3 heterocycles. The van der Waals surface area contributed by atoms with Gasteiger partial charge in [-0.3, -0.25) is 9.59 Å². The second-order valence-corrected chi connectivity index (χ2v) is 6.77. The van der Waals surface area contributed by atoms with Crippen molar-refractivity contribution in [2.24, 2.45) is 0 Å². The molecular weight excluding hydrogens is 342 g/mol. The summed E-state index contributed by atoms with van der Waals surface area (Å²) < 4.78 is 0. The summed E-state index contributed by atoms with van der Waals surface area (Å²) in [6.07, 6.45) is 4.87. The van der Waals surface area contributed by atoms with E-state index in [1.54, 1.807) is 25.3 Å². The lowest BCUT2D eigenvalue weighted by molar-refractivity contribution is -0.129. The lowest BCUT2D eigenvalue weighted by Gasteiger charge is -2.32. The van der Waals surface area contributed by atoms with Crippen molar-refractivity contribution < 1.29 is 9.59 Å². The number of ketones is 1. The second-order valence-electron chi connectivity index (χ2n) is 6.77. The van der Waals surface area contributed by atoms with E-state index in [1.807, 2.05) is 23.1 Å². The van der Waals surface area contributed by atoms with Gasteiger partial charge in [0.25, 0.3) is 0 Å². The van der Waals surface area contributed by atoms with Crippen LogP contribution in [0.3, 0.4) is 0 Å².